The Morgan fingerprint density at radius 3 is 2.78 bits per heavy atom. The maximum absolute atomic E-state index is 11.0. The minimum Gasteiger partial charge on any atom is -0.366 e. The van der Waals surface area contributed by atoms with Crippen molar-refractivity contribution >= 4 is 5.91 Å². The summed E-state index contributed by atoms with van der Waals surface area (Å²) in [7, 11) is 0. The molecule has 0 bridgehead atoms. The Hall–Kier alpha value is -2.21. The molecule has 94 valence electrons. The molecule has 0 spiro atoms. The predicted octanol–water partition coefficient (Wildman–Crippen LogP) is 0.176. The first-order valence-electron chi connectivity index (χ1n) is 5.62. The molecule has 6 heteroatoms. The Morgan fingerprint density at radius 1 is 1.44 bits per heavy atom. The summed E-state index contributed by atoms with van der Waals surface area (Å²) in [4.78, 5) is 15.3. The Labute approximate surface area is 105 Å². The van der Waals surface area contributed by atoms with Crippen LogP contribution in [-0.4, -0.2) is 27.2 Å². The van der Waals surface area contributed by atoms with Gasteiger partial charge in [0.25, 0.3) is 5.91 Å². The van der Waals surface area contributed by atoms with E-state index in [-0.39, 0.29) is 0 Å². The Kier molecular flexibility index (Phi) is 3.38. The molecule has 6 nitrogen and oxygen atoms in total. The second kappa shape index (κ2) is 4.97. The molecule has 0 aliphatic rings. The van der Waals surface area contributed by atoms with Gasteiger partial charge in [-0.05, 0) is 31.0 Å². The number of nitrogens with zero attached hydrogens (tertiary/aromatic N) is 3. The van der Waals surface area contributed by atoms with Crippen molar-refractivity contribution in [2.45, 2.75) is 13.3 Å². The van der Waals surface area contributed by atoms with Crippen LogP contribution < -0.4 is 11.5 Å². The number of aryl methyl sites for hydroxylation is 1. The maximum Gasteiger partial charge on any atom is 0.251 e. The lowest BCUT2D eigenvalue weighted by atomic mass is 10.1. The van der Waals surface area contributed by atoms with Gasteiger partial charge in [0.05, 0.1) is 11.8 Å². The lowest BCUT2D eigenvalue weighted by Gasteiger charge is -2.06. The van der Waals surface area contributed by atoms with Gasteiger partial charge in [0.2, 0.25) is 0 Å². The average molecular weight is 245 g/mol. The molecular formula is C12H15N5O. The zero-order chi connectivity index (χ0) is 13.1. The molecule has 2 rings (SSSR count). The highest BCUT2D eigenvalue weighted by atomic mass is 16.1. The van der Waals surface area contributed by atoms with Crippen molar-refractivity contribution in [1.82, 2.24) is 14.8 Å². The van der Waals surface area contributed by atoms with Crippen LogP contribution in [0.15, 0.2) is 24.7 Å². The molecule has 0 saturated carbocycles. The summed E-state index contributed by atoms with van der Waals surface area (Å²) < 4.78 is 1.54. The third kappa shape index (κ3) is 2.38. The number of hydrogen-bond acceptors (Lipinski definition) is 4. The van der Waals surface area contributed by atoms with Crippen LogP contribution >= 0.6 is 0 Å². The highest BCUT2D eigenvalue weighted by molar-refractivity contribution is 5.92. The van der Waals surface area contributed by atoms with Crippen LogP contribution in [0.25, 0.3) is 5.82 Å². The summed E-state index contributed by atoms with van der Waals surface area (Å²) in [5, 5.41) is 4.07. The van der Waals surface area contributed by atoms with Crippen LogP contribution in [0.4, 0.5) is 0 Å². The first-order chi connectivity index (χ1) is 8.61. The van der Waals surface area contributed by atoms with Crippen molar-refractivity contribution in [1.29, 1.82) is 0 Å². The Balaban J connectivity index is 2.35. The van der Waals surface area contributed by atoms with Gasteiger partial charge >= 0.3 is 0 Å². The maximum atomic E-state index is 11.0. The van der Waals surface area contributed by atoms with Crippen LogP contribution in [0.3, 0.4) is 0 Å². The molecule has 0 aliphatic heterocycles. The van der Waals surface area contributed by atoms with E-state index in [4.69, 9.17) is 11.5 Å². The first kappa shape index (κ1) is 12.3. The zero-order valence-electron chi connectivity index (χ0n) is 10.1. The lowest BCUT2D eigenvalue weighted by molar-refractivity contribution is 0.100. The molecule has 0 aliphatic carbocycles. The Bertz CT molecular complexity index is 576. The fourth-order valence-electron chi connectivity index (χ4n) is 1.73. The van der Waals surface area contributed by atoms with Crippen molar-refractivity contribution in [2.24, 2.45) is 11.5 Å². The highest BCUT2D eigenvalue weighted by Gasteiger charge is 2.08. The van der Waals surface area contributed by atoms with Crippen LogP contribution in [0.1, 0.15) is 21.5 Å². The molecule has 2 aromatic rings. The number of hydrogen-bond donors (Lipinski definition) is 2. The number of rotatable bonds is 4. The standard InChI is InChI=1S/C12H15N5O/c1-8-4-9(2-3-13)5-15-12(8)17-7-10(6-16-17)11(14)18/h4-7H,2-3,13H2,1H3,(H2,14,18). The smallest absolute Gasteiger partial charge is 0.251 e. The van der Waals surface area contributed by atoms with Crippen molar-refractivity contribution in [2.75, 3.05) is 6.54 Å². The van der Waals surface area contributed by atoms with Crippen LogP contribution in [0.5, 0.6) is 0 Å². The molecular weight excluding hydrogens is 230 g/mol. The fourth-order valence-corrected chi connectivity index (χ4v) is 1.73. The van der Waals surface area contributed by atoms with E-state index in [1.807, 2.05) is 13.0 Å². The number of amides is 1. The number of primary amides is 1. The summed E-state index contributed by atoms with van der Waals surface area (Å²) in [5.74, 6) is 0.182. The predicted molar refractivity (Wildman–Crippen MR) is 67.4 cm³/mol. The number of aromatic nitrogens is 3. The number of carbonyl (C=O) groups is 1. The number of pyridine rings is 1. The minimum absolute atomic E-state index is 0.363. The van der Waals surface area contributed by atoms with E-state index in [1.54, 1.807) is 17.1 Å². The SMILES string of the molecule is Cc1cc(CCN)cnc1-n1cc(C(N)=O)cn1. The van der Waals surface area contributed by atoms with E-state index in [1.165, 1.54) is 6.20 Å². The molecule has 4 N–H and O–H groups in total. The molecule has 0 atom stereocenters. The molecule has 18 heavy (non-hydrogen) atoms. The first-order valence-corrected chi connectivity index (χ1v) is 5.62. The molecule has 0 saturated heterocycles. The van der Waals surface area contributed by atoms with Crippen molar-refractivity contribution in [3.8, 4) is 5.82 Å². The van der Waals surface area contributed by atoms with E-state index >= 15 is 0 Å². The molecule has 1 amide bonds. The summed E-state index contributed by atoms with van der Waals surface area (Å²) in [6.45, 7) is 2.53. The topological polar surface area (TPSA) is 99.8 Å². The van der Waals surface area contributed by atoms with Crippen LogP contribution in [-0.2, 0) is 6.42 Å². The van der Waals surface area contributed by atoms with Gasteiger partial charge in [-0.2, -0.15) is 5.10 Å². The van der Waals surface area contributed by atoms with Gasteiger partial charge in [0.15, 0.2) is 5.82 Å². The van der Waals surface area contributed by atoms with Gasteiger partial charge in [-0.15, -0.1) is 0 Å². The molecule has 2 heterocycles. The second-order valence-corrected chi connectivity index (χ2v) is 4.06. The zero-order valence-corrected chi connectivity index (χ0v) is 10.1. The molecule has 0 fully saturated rings. The fraction of sp³-hybridized carbons (Fsp3) is 0.250. The van der Waals surface area contributed by atoms with Gasteiger partial charge < -0.3 is 11.5 Å². The van der Waals surface area contributed by atoms with Crippen molar-refractivity contribution < 1.29 is 4.79 Å². The average Bonchev–Trinajstić information content (AvgIpc) is 2.79. The normalized spacial score (nSPS) is 10.6. The van der Waals surface area contributed by atoms with Crippen LogP contribution in [0, 0.1) is 6.92 Å². The van der Waals surface area contributed by atoms with Gasteiger partial charge in [0, 0.05) is 12.4 Å². The third-order valence-electron chi connectivity index (χ3n) is 2.62. The van der Waals surface area contributed by atoms with Gasteiger partial charge in [-0.25, -0.2) is 9.67 Å². The van der Waals surface area contributed by atoms with E-state index in [0.29, 0.717) is 17.9 Å². The lowest BCUT2D eigenvalue weighted by Crippen LogP contribution is -2.10. The number of nitrogens with two attached hydrogens (primary N) is 2. The summed E-state index contributed by atoms with van der Waals surface area (Å²) in [5.41, 5.74) is 13.1. The van der Waals surface area contributed by atoms with E-state index in [0.717, 1.165) is 17.5 Å². The van der Waals surface area contributed by atoms with Gasteiger partial charge in [0.1, 0.15) is 0 Å². The van der Waals surface area contributed by atoms with Gasteiger partial charge in [-0.1, -0.05) is 6.07 Å². The summed E-state index contributed by atoms with van der Waals surface area (Å²) in [6.07, 6.45) is 5.55. The minimum atomic E-state index is -0.501. The highest BCUT2D eigenvalue weighted by Crippen LogP contribution is 2.13. The van der Waals surface area contributed by atoms with Gasteiger partial charge in [-0.3, -0.25) is 4.79 Å². The van der Waals surface area contributed by atoms with E-state index in [2.05, 4.69) is 10.1 Å². The summed E-state index contributed by atoms with van der Waals surface area (Å²) in [6, 6.07) is 2.01. The van der Waals surface area contributed by atoms with E-state index < -0.39 is 5.91 Å². The van der Waals surface area contributed by atoms with Crippen molar-refractivity contribution in [3.05, 3.63) is 41.3 Å². The number of carbonyl (C=O) groups excluding carboxylic acids is 1. The van der Waals surface area contributed by atoms with Crippen molar-refractivity contribution in [3.63, 3.8) is 0 Å². The largest absolute Gasteiger partial charge is 0.366 e. The quantitative estimate of drug-likeness (QED) is 0.802. The summed E-state index contributed by atoms with van der Waals surface area (Å²) >= 11 is 0. The second-order valence-electron chi connectivity index (χ2n) is 4.06. The Morgan fingerprint density at radius 2 is 2.22 bits per heavy atom. The monoisotopic (exact) mass is 245 g/mol. The molecule has 2 aromatic heterocycles. The third-order valence-corrected chi connectivity index (χ3v) is 2.62. The van der Waals surface area contributed by atoms with E-state index in [9.17, 15) is 4.79 Å². The molecule has 0 radical (unpaired) electrons. The van der Waals surface area contributed by atoms with Crippen LogP contribution in [0.2, 0.25) is 0 Å². The molecule has 0 aromatic carbocycles. The molecule has 0 unspecified atom stereocenters.